The van der Waals surface area contributed by atoms with Crippen LogP contribution in [0.25, 0.3) is 10.8 Å². The minimum absolute atomic E-state index is 0.0626. The minimum Gasteiger partial charge on any atom is -0.382 e. The molecule has 0 atom stereocenters. The highest BCUT2D eigenvalue weighted by Gasteiger charge is 2.15. The smallest absolute Gasteiger partial charge is 0.295 e. The molecule has 96 valence electrons. The third kappa shape index (κ3) is 2.47. The molecule has 4 nitrogen and oxygen atoms in total. The van der Waals surface area contributed by atoms with Crippen molar-refractivity contribution >= 4 is 26.6 Å². The monoisotopic (exact) mass is 265 g/mol. The molecule has 0 aliphatic rings. The molecule has 0 fully saturated rings. The first-order chi connectivity index (χ1) is 8.39. The Kier molecular flexibility index (Phi) is 3.28. The topological polar surface area (TPSA) is 66.4 Å². The van der Waals surface area contributed by atoms with Crippen molar-refractivity contribution in [2.75, 3.05) is 5.32 Å². The van der Waals surface area contributed by atoms with E-state index in [2.05, 4.69) is 5.32 Å². The van der Waals surface area contributed by atoms with Gasteiger partial charge in [0.25, 0.3) is 10.1 Å². The fourth-order valence-corrected chi connectivity index (χ4v) is 2.63. The fraction of sp³-hybridized carbons (Fsp3) is 0.231. The first-order valence-electron chi connectivity index (χ1n) is 5.65. The average molecular weight is 265 g/mol. The minimum atomic E-state index is -4.20. The molecule has 0 aliphatic heterocycles. The van der Waals surface area contributed by atoms with Crippen molar-refractivity contribution < 1.29 is 13.0 Å². The van der Waals surface area contributed by atoms with Crippen LogP contribution < -0.4 is 5.32 Å². The largest absolute Gasteiger partial charge is 0.382 e. The van der Waals surface area contributed by atoms with Crippen LogP contribution in [0, 0.1) is 0 Å². The van der Waals surface area contributed by atoms with E-state index >= 15 is 0 Å². The van der Waals surface area contributed by atoms with Crippen LogP contribution in [0.5, 0.6) is 0 Å². The second kappa shape index (κ2) is 4.59. The van der Waals surface area contributed by atoms with Crippen LogP contribution in [0.15, 0.2) is 41.3 Å². The zero-order chi connectivity index (χ0) is 13.3. The van der Waals surface area contributed by atoms with Gasteiger partial charge in [-0.3, -0.25) is 4.55 Å². The summed E-state index contributed by atoms with van der Waals surface area (Å²) in [6.45, 7) is 4.01. The first-order valence-corrected chi connectivity index (χ1v) is 7.09. The van der Waals surface area contributed by atoms with E-state index < -0.39 is 10.1 Å². The molecule has 2 N–H and O–H groups in total. The third-order valence-electron chi connectivity index (χ3n) is 2.61. The van der Waals surface area contributed by atoms with Crippen LogP contribution in [-0.2, 0) is 10.1 Å². The molecule has 0 aromatic heterocycles. The molecule has 0 radical (unpaired) electrons. The summed E-state index contributed by atoms with van der Waals surface area (Å²) in [5.74, 6) is 0. The SMILES string of the molecule is CC(C)Nc1ccc(S(=O)(=O)O)c2ccccc12. The Morgan fingerprint density at radius 3 is 2.22 bits per heavy atom. The molecule has 0 amide bonds. The highest BCUT2D eigenvalue weighted by molar-refractivity contribution is 7.86. The molecule has 5 heteroatoms. The molecular weight excluding hydrogens is 250 g/mol. The Balaban J connectivity index is 2.74. The predicted molar refractivity (Wildman–Crippen MR) is 72.5 cm³/mol. The Hall–Kier alpha value is -1.59. The molecule has 18 heavy (non-hydrogen) atoms. The van der Waals surface area contributed by atoms with Gasteiger partial charge in [-0.15, -0.1) is 0 Å². The number of benzene rings is 2. The Bertz CT molecular complexity index is 678. The summed E-state index contributed by atoms with van der Waals surface area (Å²) < 4.78 is 31.8. The molecule has 0 aliphatic carbocycles. The highest BCUT2D eigenvalue weighted by atomic mass is 32.2. The quantitative estimate of drug-likeness (QED) is 0.837. The molecule has 2 aromatic carbocycles. The summed E-state index contributed by atoms with van der Waals surface area (Å²) in [6, 6.07) is 10.4. The van der Waals surface area contributed by atoms with Gasteiger partial charge in [0.2, 0.25) is 0 Å². The summed E-state index contributed by atoms with van der Waals surface area (Å²) >= 11 is 0. The Morgan fingerprint density at radius 1 is 1.06 bits per heavy atom. The maximum absolute atomic E-state index is 11.3. The maximum Gasteiger partial charge on any atom is 0.295 e. The van der Waals surface area contributed by atoms with Crippen LogP contribution in [0.3, 0.4) is 0 Å². The van der Waals surface area contributed by atoms with E-state index in [1.807, 2.05) is 26.0 Å². The van der Waals surface area contributed by atoms with Gasteiger partial charge in [0, 0.05) is 22.5 Å². The molecule has 2 aromatic rings. The molecule has 0 heterocycles. The van der Waals surface area contributed by atoms with E-state index in [-0.39, 0.29) is 10.9 Å². The van der Waals surface area contributed by atoms with Crippen molar-refractivity contribution in [2.24, 2.45) is 0 Å². The van der Waals surface area contributed by atoms with E-state index in [1.54, 1.807) is 18.2 Å². The molecular formula is C13H15NO3S. The van der Waals surface area contributed by atoms with Crippen LogP contribution in [0.4, 0.5) is 5.69 Å². The summed E-state index contributed by atoms with van der Waals surface area (Å²) in [5.41, 5.74) is 0.855. The lowest BCUT2D eigenvalue weighted by molar-refractivity contribution is 0.484. The van der Waals surface area contributed by atoms with Crippen molar-refractivity contribution in [3.63, 3.8) is 0 Å². The number of nitrogens with one attached hydrogen (secondary N) is 1. The van der Waals surface area contributed by atoms with Crippen molar-refractivity contribution in [2.45, 2.75) is 24.8 Å². The molecule has 0 saturated heterocycles. The number of anilines is 1. The normalized spacial score (nSPS) is 12.0. The second-order valence-electron chi connectivity index (χ2n) is 4.43. The van der Waals surface area contributed by atoms with Crippen molar-refractivity contribution in [3.8, 4) is 0 Å². The van der Waals surface area contributed by atoms with Gasteiger partial charge >= 0.3 is 0 Å². The van der Waals surface area contributed by atoms with Gasteiger partial charge in [0.1, 0.15) is 4.90 Å². The van der Waals surface area contributed by atoms with Gasteiger partial charge in [-0.2, -0.15) is 8.42 Å². The summed E-state index contributed by atoms with van der Waals surface area (Å²) in [7, 11) is -4.20. The van der Waals surface area contributed by atoms with Gasteiger partial charge in [-0.1, -0.05) is 24.3 Å². The first kappa shape index (κ1) is 12.9. The van der Waals surface area contributed by atoms with Crippen molar-refractivity contribution in [1.82, 2.24) is 0 Å². The van der Waals surface area contributed by atoms with Crippen LogP contribution in [0.1, 0.15) is 13.8 Å². The summed E-state index contributed by atoms with van der Waals surface area (Å²) in [6.07, 6.45) is 0. The molecule has 0 saturated carbocycles. The molecule has 0 unspecified atom stereocenters. The zero-order valence-electron chi connectivity index (χ0n) is 10.2. The second-order valence-corrected chi connectivity index (χ2v) is 5.82. The van der Waals surface area contributed by atoms with Crippen LogP contribution in [-0.4, -0.2) is 19.0 Å². The van der Waals surface area contributed by atoms with E-state index in [9.17, 15) is 13.0 Å². The van der Waals surface area contributed by atoms with Crippen molar-refractivity contribution in [1.29, 1.82) is 0 Å². The zero-order valence-corrected chi connectivity index (χ0v) is 11.0. The molecule has 0 bridgehead atoms. The number of hydrogen-bond acceptors (Lipinski definition) is 3. The average Bonchev–Trinajstić information content (AvgIpc) is 2.27. The van der Waals surface area contributed by atoms with E-state index in [4.69, 9.17) is 0 Å². The third-order valence-corrected chi connectivity index (χ3v) is 3.52. The highest BCUT2D eigenvalue weighted by Crippen LogP contribution is 2.29. The Morgan fingerprint density at radius 2 is 1.67 bits per heavy atom. The standard InChI is InChI=1S/C13H15NO3S/c1-9(2)14-12-7-8-13(18(15,16)17)11-6-4-3-5-10(11)12/h3-9,14H,1-2H3,(H,15,16,17). The van der Waals surface area contributed by atoms with Gasteiger partial charge < -0.3 is 5.32 Å². The summed E-state index contributed by atoms with van der Waals surface area (Å²) in [4.78, 5) is -0.0626. The maximum atomic E-state index is 11.3. The van der Waals surface area contributed by atoms with E-state index in [0.717, 1.165) is 11.1 Å². The number of rotatable bonds is 3. The number of fused-ring (bicyclic) bond motifs is 1. The van der Waals surface area contributed by atoms with Gasteiger partial charge in [0.05, 0.1) is 0 Å². The van der Waals surface area contributed by atoms with Crippen LogP contribution >= 0.6 is 0 Å². The van der Waals surface area contributed by atoms with Gasteiger partial charge in [-0.25, -0.2) is 0 Å². The lowest BCUT2D eigenvalue weighted by atomic mass is 10.1. The van der Waals surface area contributed by atoms with Gasteiger partial charge in [0.15, 0.2) is 0 Å². The summed E-state index contributed by atoms with van der Waals surface area (Å²) in [5, 5.41) is 4.55. The number of hydrogen-bond donors (Lipinski definition) is 2. The molecule has 0 spiro atoms. The van der Waals surface area contributed by atoms with Crippen molar-refractivity contribution in [3.05, 3.63) is 36.4 Å². The molecule has 2 rings (SSSR count). The van der Waals surface area contributed by atoms with E-state index in [0.29, 0.717) is 5.39 Å². The lowest BCUT2D eigenvalue weighted by Crippen LogP contribution is -2.10. The van der Waals surface area contributed by atoms with Gasteiger partial charge in [-0.05, 0) is 26.0 Å². The van der Waals surface area contributed by atoms with Crippen LogP contribution in [0.2, 0.25) is 0 Å². The predicted octanol–water partition coefficient (Wildman–Crippen LogP) is 2.91. The lowest BCUT2D eigenvalue weighted by Gasteiger charge is -2.14. The fourth-order valence-electron chi connectivity index (χ4n) is 1.93. The Labute approximate surface area is 106 Å². The van der Waals surface area contributed by atoms with E-state index in [1.165, 1.54) is 6.07 Å².